The minimum Gasteiger partial charge on any atom is -0.396 e. The summed E-state index contributed by atoms with van der Waals surface area (Å²) in [6.07, 6.45) is 1.44. The summed E-state index contributed by atoms with van der Waals surface area (Å²) >= 11 is 0. The number of nitrogens with zero attached hydrogens (tertiary/aromatic N) is 4. The fourth-order valence-electron chi connectivity index (χ4n) is 4.25. The zero-order valence-electron chi connectivity index (χ0n) is 18.8. The zero-order chi connectivity index (χ0) is 22.4. The Hall–Kier alpha value is -2.62. The van der Waals surface area contributed by atoms with Gasteiger partial charge in [-0.05, 0) is 47.4 Å². The summed E-state index contributed by atoms with van der Waals surface area (Å²) in [6.45, 7) is 8.57. The van der Waals surface area contributed by atoms with Crippen LogP contribution < -0.4 is 10.5 Å². The number of quaternary nitrogens is 1. The highest BCUT2D eigenvalue weighted by Crippen LogP contribution is 2.18. The molecule has 1 aromatic carbocycles. The highest BCUT2D eigenvalue weighted by atomic mass is 16.5. The number of nitrogens with one attached hydrogen (secondary N) is 2. The molecule has 0 fully saturated rings. The maximum atomic E-state index is 12.9. The lowest BCUT2D eigenvalue weighted by Gasteiger charge is -2.27. The van der Waals surface area contributed by atoms with Crippen molar-refractivity contribution in [3.8, 4) is 0 Å². The molecule has 0 aliphatic heterocycles. The van der Waals surface area contributed by atoms with E-state index in [1.54, 1.807) is 11.8 Å². The molecule has 0 bridgehead atoms. The molecule has 0 amide bonds. The predicted octanol–water partition coefficient (Wildman–Crippen LogP) is 0.696. The van der Waals surface area contributed by atoms with Crippen molar-refractivity contribution in [3.05, 3.63) is 51.1 Å². The van der Waals surface area contributed by atoms with E-state index in [9.17, 15) is 9.90 Å². The molecule has 168 valence electrons. The van der Waals surface area contributed by atoms with Gasteiger partial charge in [-0.15, -0.1) is 5.10 Å². The maximum absolute atomic E-state index is 12.9. The van der Waals surface area contributed by atoms with Crippen molar-refractivity contribution >= 4 is 10.9 Å². The number of aryl methyl sites for hydroxylation is 2. The van der Waals surface area contributed by atoms with Gasteiger partial charge < -0.3 is 19.7 Å². The minimum atomic E-state index is -0.0743. The first-order valence-corrected chi connectivity index (χ1v) is 10.8. The summed E-state index contributed by atoms with van der Waals surface area (Å²) in [5.74, 6) is 0.774. The third-order valence-corrected chi connectivity index (χ3v) is 5.72. The second-order valence-corrected chi connectivity index (χ2v) is 8.05. The van der Waals surface area contributed by atoms with Gasteiger partial charge in [0, 0.05) is 26.6 Å². The van der Waals surface area contributed by atoms with Gasteiger partial charge in [0.1, 0.15) is 12.6 Å². The van der Waals surface area contributed by atoms with Crippen LogP contribution in [0.2, 0.25) is 0 Å². The number of benzene rings is 1. The third-order valence-electron chi connectivity index (χ3n) is 5.72. The molecule has 3 rings (SSSR count). The molecular weight excluding hydrogens is 396 g/mol. The Morgan fingerprint density at radius 1 is 1.29 bits per heavy atom. The molecule has 0 radical (unpaired) electrons. The van der Waals surface area contributed by atoms with Crippen LogP contribution in [0.25, 0.3) is 10.9 Å². The lowest BCUT2D eigenvalue weighted by atomic mass is 10.0. The largest absolute Gasteiger partial charge is 0.396 e. The van der Waals surface area contributed by atoms with Crippen LogP contribution in [0.3, 0.4) is 0 Å². The first-order valence-electron chi connectivity index (χ1n) is 10.8. The van der Waals surface area contributed by atoms with E-state index in [4.69, 9.17) is 4.74 Å². The highest BCUT2D eigenvalue weighted by Gasteiger charge is 2.29. The summed E-state index contributed by atoms with van der Waals surface area (Å²) in [7, 11) is 1.65. The number of rotatable bonds is 11. The summed E-state index contributed by atoms with van der Waals surface area (Å²) in [6, 6.07) is 6.16. The molecule has 9 nitrogen and oxygen atoms in total. The molecule has 0 spiro atoms. The van der Waals surface area contributed by atoms with Gasteiger partial charge in [0.15, 0.2) is 0 Å². The van der Waals surface area contributed by atoms with Crippen molar-refractivity contribution in [2.24, 2.45) is 0 Å². The first-order chi connectivity index (χ1) is 15.0. The van der Waals surface area contributed by atoms with Gasteiger partial charge >= 0.3 is 0 Å². The van der Waals surface area contributed by atoms with Crippen LogP contribution in [0.15, 0.2) is 23.0 Å². The average Bonchev–Trinajstić information content (AvgIpc) is 3.20. The molecule has 0 aliphatic carbocycles. The topological polar surface area (TPSA) is 110 Å². The van der Waals surface area contributed by atoms with Crippen molar-refractivity contribution in [2.75, 3.05) is 26.9 Å². The molecule has 3 N–H and O–H groups in total. The van der Waals surface area contributed by atoms with Gasteiger partial charge in [0.05, 0.1) is 30.8 Å². The molecule has 0 saturated heterocycles. The molecule has 31 heavy (non-hydrogen) atoms. The second kappa shape index (κ2) is 10.6. The Bertz CT molecular complexity index is 1060. The predicted molar refractivity (Wildman–Crippen MR) is 118 cm³/mol. The van der Waals surface area contributed by atoms with Crippen LogP contribution >= 0.6 is 0 Å². The standard InChI is InChI=1S/C22H32N6O3/c1-5-19(21-24-25-26-28(21)8-10-31-4)27(7-6-9-29)14-18-13-17-12-15(2)11-16(3)20(17)23-22(18)30/h11-13,19,29H,5-10,14H2,1-4H3,(H,23,30)/p+1/t19-/m0/s1. The van der Waals surface area contributed by atoms with Crippen LogP contribution in [0.1, 0.15) is 48.3 Å². The van der Waals surface area contributed by atoms with Gasteiger partial charge in [0.25, 0.3) is 5.56 Å². The van der Waals surface area contributed by atoms with E-state index in [1.807, 2.05) is 13.0 Å². The number of fused-ring (bicyclic) bond motifs is 1. The monoisotopic (exact) mass is 429 g/mol. The number of ether oxygens (including phenoxy) is 1. The molecular formula is C22H33N6O3+. The molecule has 9 heteroatoms. The Labute approximate surface area is 182 Å². The molecule has 2 atom stereocenters. The van der Waals surface area contributed by atoms with Crippen molar-refractivity contribution in [1.82, 2.24) is 25.2 Å². The highest BCUT2D eigenvalue weighted by molar-refractivity contribution is 5.82. The van der Waals surface area contributed by atoms with Crippen molar-refractivity contribution in [3.63, 3.8) is 0 Å². The van der Waals surface area contributed by atoms with Crippen LogP contribution in [0, 0.1) is 13.8 Å². The second-order valence-electron chi connectivity index (χ2n) is 8.05. The number of hydrogen-bond donors (Lipinski definition) is 3. The number of pyridine rings is 1. The van der Waals surface area contributed by atoms with E-state index in [0.29, 0.717) is 32.7 Å². The molecule has 2 heterocycles. The van der Waals surface area contributed by atoms with E-state index in [1.165, 1.54) is 0 Å². The number of aromatic nitrogens is 5. The number of aromatic amines is 1. The Kier molecular flexibility index (Phi) is 7.89. The third kappa shape index (κ3) is 5.36. The summed E-state index contributed by atoms with van der Waals surface area (Å²) in [5, 5.41) is 22.8. The van der Waals surface area contributed by atoms with E-state index >= 15 is 0 Å². The SMILES string of the molecule is CC[C@@H](c1nnnn1CCOC)[NH+](CCCO)Cc1cc2cc(C)cc(C)c2[nH]c1=O. The zero-order valence-corrected chi connectivity index (χ0v) is 18.8. The van der Waals surface area contributed by atoms with Crippen LogP contribution in [0.5, 0.6) is 0 Å². The quantitative estimate of drug-likeness (QED) is 0.414. The van der Waals surface area contributed by atoms with Gasteiger partial charge in [0.2, 0.25) is 5.82 Å². The maximum Gasteiger partial charge on any atom is 0.257 e. The number of hydrogen-bond acceptors (Lipinski definition) is 6. The molecule has 0 aliphatic rings. The van der Waals surface area contributed by atoms with Gasteiger partial charge in [-0.1, -0.05) is 18.6 Å². The number of aliphatic hydroxyl groups excluding tert-OH is 1. The normalized spacial score (nSPS) is 13.6. The van der Waals surface area contributed by atoms with Gasteiger partial charge in [-0.25, -0.2) is 4.68 Å². The van der Waals surface area contributed by atoms with Gasteiger partial charge in [-0.2, -0.15) is 0 Å². The Morgan fingerprint density at radius 3 is 2.81 bits per heavy atom. The first kappa shape index (κ1) is 23.1. The van der Waals surface area contributed by atoms with Crippen molar-refractivity contribution < 1.29 is 14.7 Å². The van der Waals surface area contributed by atoms with E-state index in [-0.39, 0.29) is 18.2 Å². The van der Waals surface area contributed by atoms with E-state index in [0.717, 1.165) is 44.7 Å². The van der Waals surface area contributed by atoms with E-state index in [2.05, 4.69) is 46.5 Å². The fraction of sp³-hybridized carbons (Fsp3) is 0.545. The van der Waals surface area contributed by atoms with Crippen LogP contribution in [-0.2, 0) is 17.8 Å². The fourth-order valence-corrected chi connectivity index (χ4v) is 4.25. The Balaban J connectivity index is 1.96. The minimum absolute atomic E-state index is 0.00671. The number of H-pyrrole nitrogens is 1. The number of methoxy groups -OCH3 is 1. The van der Waals surface area contributed by atoms with Crippen molar-refractivity contribution in [1.29, 1.82) is 0 Å². The summed E-state index contributed by atoms with van der Waals surface area (Å²) in [5.41, 5.74) is 3.75. The Morgan fingerprint density at radius 2 is 2.10 bits per heavy atom. The lowest BCUT2D eigenvalue weighted by molar-refractivity contribution is -0.946. The summed E-state index contributed by atoms with van der Waals surface area (Å²) in [4.78, 5) is 17.1. The lowest BCUT2D eigenvalue weighted by Crippen LogP contribution is -3.11. The van der Waals surface area contributed by atoms with Crippen LogP contribution in [0.4, 0.5) is 0 Å². The molecule has 2 aromatic heterocycles. The smallest absolute Gasteiger partial charge is 0.257 e. The van der Waals surface area contributed by atoms with E-state index < -0.39 is 0 Å². The molecule has 3 aromatic rings. The molecule has 0 saturated carbocycles. The number of aliphatic hydroxyl groups is 1. The average molecular weight is 430 g/mol. The summed E-state index contributed by atoms with van der Waals surface area (Å²) < 4.78 is 6.95. The molecule has 1 unspecified atom stereocenters. The van der Waals surface area contributed by atoms with Crippen LogP contribution in [-0.4, -0.2) is 57.2 Å². The van der Waals surface area contributed by atoms with Gasteiger partial charge in [-0.3, -0.25) is 4.79 Å². The number of tetrazole rings is 1. The van der Waals surface area contributed by atoms with Crippen molar-refractivity contribution in [2.45, 2.75) is 52.7 Å².